The molecule has 34 heavy (non-hydrogen) atoms. The van der Waals surface area contributed by atoms with Crippen molar-refractivity contribution in [2.24, 2.45) is 0 Å². The number of carbonyl (C=O) groups is 1. The van der Waals surface area contributed by atoms with Crippen LogP contribution in [0.3, 0.4) is 0 Å². The molecule has 4 atom stereocenters. The fourth-order valence-electron chi connectivity index (χ4n) is 6.05. The molecule has 3 heterocycles. The number of ether oxygens (including phenoxy) is 1. The van der Waals surface area contributed by atoms with Crippen LogP contribution < -0.4 is 16.0 Å². The quantitative estimate of drug-likeness (QED) is 0.434. The van der Waals surface area contributed by atoms with Gasteiger partial charge in [0.15, 0.2) is 0 Å². The van der Waals surface area contributed by atoms with Crippen molar-refractivity contribution in [3.63, 3.8) is 0 Å². The SMILES string of the molecule is CNC(=O)[C@H]1N[C@H]2Nc3ccccc3[C@@]2(c2cn(Cc3ccccc3)c3ccccc23)[C@@H]1OC. The molecule has 0 bridgehead atoms. The molecular formula is C28H28N4O2. The molecule has 1 saturated heterocycles. The summed E-state index contributed by atoms with van der Waals surface area (Å²) < 4.78 is 8.49. The van der Waals surface area contributed by atoms with Gasteiger partial charge < -0.3 is 19.9 Å². The summed E-state index contributed by atoms with van der Waals surface area (Å²) in [6.07, 6.45) is 1.67. The fraction of sp³-hybridized carbons (Fsp3) is 0.250. The van der Waals surface area contributed by atoms with Crippen molar-refractivity contribution in [2.75, 3.05) is 19.5 Å². The molecule has 2 aliphatic heterocycles. The van der Waals surface area contributed by atoms with Crippen LogP contribution in [0, 0.1) is 0 Å². The van der Waals surface area contributed by atoms with Gasteiger partial charge in [-0.15, -0.1) is 0 Å². The third-order valence-electron chi connectivity index (χ3n) is 7.44. The monoisotopic (exact) mass is 452 g/mol. The summed E-state index contributed by atoms with van der Waals surface area (Å²) in [7, 11) is 3.38. The number of likely N-dealkylation sites (N-methyl/N-ethyl adjacent to an activating group) is 1. The van der Waals surface area contributed by atoms with E-state index in [0.29, 0.717) is 0 Å². The summed E-state index contributed by atoms with van der Waals surface area (Å²) in [5.41, 5.74) is 5.20. The molecule has 2 aliphatic rings. The van der Waals surface area contributed by atoms with Crippen LogP contribution in [-0.4, -0.2) is 42.9 Å². The summed E-state index contributed by atoms with van der Waals surface area (Å²) in [6, 6.07) is 26.9. The molecular weight excluding hydrogens is 424 g/mol. The summed E-state index contributed by atoms with van der Waals surface area (Å²) >= 11 is 0. The summed E-state index contributed by atoms with van der Waals surface area (Å²) in [6.45, 7) is 0.765. The van der Waals surface area contributed by atoms with E-state index in [-0.39, 0.29) is 12.1 Å². The number of methoxy groups -OCH3 is 1. The zero-order chi connectivity index (χ0) is 23.3. The highest BCUT2D eigenvalue weighted by Crippen LogP contribution is 2.54. The van der Waals surface area contributed by atoms with E-state index in [1.54, 1.807) is 14.2 Å². The van der Waals surface area contributed by atoms with Gasteiger partial charge in [-0.1, -0.05) is 66.7 Å². The Hall–Kier alpha value is -3.61. The molecule has 6 heteroatoms. The van der Waals surface area contributed by atoms with Crippen molar-refractivity contribution in [3.8, 4) is 0 Å². The van der Waals surface area contributed by atoms with Gasteiger partial charge in [0.1, 0.15) is 6.04 Å². The number of fused-ring (bicyclic) bond motifs is 4. The number of hydrogen-bond acceptors (Lipinski definition) is 4. The first-order chi connectivity index (χ1) is 16.7. The Labute approximate surface area is 198 Å². The Morgan fingerprint density at radius 1 is 1.00 bits per heavy atom. The molecule has 0 spiro atoms. The first-order valence-corrected chi connectivity index (χ1v) is 11.7. The van der Waals surface area contributed by atoms with Crippen LogP contribution in [0.2, 0.25) is 0 Å². The van der Waals surface area contributed by atoms with E-state index >= 15 is 0 Å². The summed E-state index contributed by atoms with van der Waals surface area (Å²) in [4.78, 5) is 12.9. The minimum atomic E-state index is -0.579. The molecule has 6 nitrogen and oxygen atoms in total. The number of amides is 1. The van der Waals surface area contributed by atoms with Gasteiger partial charge in [0.25, 0.3) is 0 Å². The maximum absolute atomic E-state index is 12.9. The van der Waals surface area contributed by atoms with E-state index in [1.807, 2.05) is 12.1 Å². The number of carbonyl (C=O) groups excluding carboxylic acids is 1. The minimum absolute atomic E-state index is 0.0760. The Morgan fingerprint density at radius 3 is 2.53 bits per heavy atom. The molecule has 3 N–H and O–H groups in total. The van der Waals surface area contributed by atoms with E-state index < -0.39 is 17.6 Å². The smallest absolute Gasteiger partial charge is 0.239 e. The van der Waals surface area contributed by atoms with Gasteiger partial charge in [-0.25, -0.2) is 0 Å². The summed E-state index contributed by atoms with van der Waals surface area (Å²) in [5.74, 6) is -0.0760. The first kappa shape index (κ1) is 21.0. The van der Waals surface area contributed by atoms with E-state index in [0.717, 1.165) is 28.9 Å². The van der Waals surface area contributed by atoms with Gasteiger partial charge in [-0.2, -0.15) is 0 Å². The minimum Gasteiger partial charge on any atom is -0.378 e. The summed E-state index contributed by atoms with van der Waals surface area (Å²) in [5, 5.41) is 11.2. The second kappa shape index (κ2) is 8.01. The van der Waals surface area contributed by atoms with Crippen LogP contribution in [0.15, 0.2) is 85.1 Å². The second-order valence-electron chi connectivity index (χ2n) is 9.08. The highest BCUT2D eigenvalue weighted by Gasteiger charge is 2.63. The van der Waals surface area contributed by atoms with Crippen LogP contribution in [0.25, 0.3) is 10.9 Å². The lowest BCUT2D eigenvalue weighted by molar-refractivity contribution is -0.125. The fourth-order valence-corrected chi connectivity index (χ4v) is 6.05. The van der Waals surface area contributed by atoms with E-state index in [1.165, 1.54) is 10.9 Å². The molecule has 1 fully saturated rings. The van der Waals surface area contributed by atoms with Crippen LogP contribution in [-0.2, 0) is 21.5 Å². The van der Waals surface area contributed by atoms with Crippen molar-refractivity contribution in [1.29, 1.82) is 0 Å². The van der Waals surface area contributed by atoms with Gasteiger partial charge in [-0.05, 0) is 28.8 Å². The number of nitrogens with one attached hydrogen (secondary N) is 3. The molecule has 172 valence electrons. The Bertz CT molecular complexity index is 1370. The predicted octanol–water partition coefficient (Wildman–Crippen LogP) is 3.46. The molecule has 0 aliphatic carbocycles. The number of para-hydroxylation sites is 2. The maximum atomic E-state index is 12.9. The normalized spacial score (nSPS) is 25.1. The van der Waals surface area contributed by atoms with Gasteiger partial charge in [0, 0.05) is 43.5 Å². The van der Waals surface area contributed by atoms with Gasteiger partial charge in [0.2, 0.25) is 5.91 Å². The van der Waals surface area contributed by atoms with Gasteiger partial charge in [0.05, 0.1) is 17.7 Å². The van der Waals surface area contributed by atoms with Crippen molar-refractivity contribution < 1.29 is 9.53 Å². The van der Waals surface area contributed by atoms with E-state index in [4.69, 9.17) is 4.74 Å². The average Bonchev–Trinajstić information content (AvgIpc) is 3.51. The lowest BCUT2D eigenvalue weighted by Gasteiger charge is -2.35. The molecule has 3 aromatic carbocycles. The largest absolute Gasteiger partial charge is 0.378 e. The molecule has 0 radical (unpaired) electrons. The highest BCUT2D eigenvalue weighted by molar-refractivity contribution is 5.90. The Morgan fingerprint density at radius 2 is 1.74 bits per heavy atom. The van der Waals surface area contributed by atoms with Crippen molar-refractivity contribution in [3.05, 3.63) is 102 Å². The lowest BCUT2D eigenvalue weighted by Crippen LogP contribution is -2.49. The van der Waals surface area contributed by atoms with E-state index in [9.17, 15) is 4.79 Å². The number of benzene rings is 3. The van der Waals surface area contributed by atoms with Crippen LogP contribution in [0.4, 0.5) is 5.69 Å². The number of anilines is 1. The third kappa shape index (κ3) is 2.85. The molecule has 6 rings (SSSR count). The topological polar surface area (TPSA) is 67.3 Å². The zero-order valence-electron chi connectivity index (χ0n) is 19.3. The number of hydrogen-bond donors (Lipinski definition) is 3. The molecule has 1 aromatic heterocycles. The Balaban J connectivity index is 1.61. The number of nitrogens with zero attached hydrogens (tertiary/aromatic N) is 1. The molecule has 1 amide bonds. The number of rotatable bonds is 5. The van der Waals surface area contributed by atoms with Crippen LogP contribution >= 0.6 is 0 Å². The second-order valence-corrected chi connectivity index (χ2v) is 9.08. The van der Waals surface area contributed by atoms with Crippen LogP contribution in [0.1, 0.15) is 16.7 Å². The first-order valence-electron chi connectivity index (χ1n) is 11.7. The van der Waals surface area contributed by atoms with Crippen molar-refractivity contribution in [1.82, 2.24) is 15.2 Å². The highest BCUT2D eigenvalue weighted by atomic mass is 16.5. The lowest BCUT2D eigenvalue weighted by atomic mass is 9.70. The van der Waals surface area contributed by atoms with Gasteiger partial charge in [-0.3, -0.25) is 10.1 Å². The van der Waals surface area contributed by atoms with Crippen molar-refractivity contribution in [2.45, 2.75) is 30.3 Å². The molecule has 4 aromatic rings. The maximum Gasteiger partial charge on any atom is 0.239 e. The zero-order valence-corrected chi connectivity index (χ0v) is 19.3. The Kier molecular flexibility index (Phi) is 4.94. The standard InChI is InChI=1S/C28H28N4O2/c1-29-26(33)24-25(34-2)28(20-13-7-8-14-22(20)30-27(28)31-24)21-17-32(16-18-10-4-3-5-11-18)23-15-9-6-12-19(21)23/h3-15,17,24-25,27,30-31H,16H2,1-2H3,(H,29,33)/t24-,25+,27+,28+/m0/s1. The third-order valence-corrected chi connectivity index (χ3v) is 7.44. The van der Waals surface area contributed by atoms with Crippen molar-refractivity contribution >= 4 is 22.5 Å². The van der Waals surface area contributed by atoms with Crippen LogP contribution in [0.5, 0.6) is 0 Å². The molecule has 0 saturated carbocycles. The predicted molar refractivity (Wildman–Crippen MR) is 134 cm³/mol. The average molecular weight is 453 g/mol. The number of aromatic nitrogens is 1. The molecule has 0 unspecified atom stereocenters. The van der Waals surface area contributed by atoms with E-state index in [2.05, 4.69) is 93.4 Å². The van der Waals surface area contributed by atoms with Gasteiger partial charge >= 0.3 is 0 Å².